The summed E-state index contributed by atoms with van der Waals surface area (Å²) in [5.41, 5.74) is 0. The highest BCUT2D eigenvalue weighted by Crippen LogP contribution is 2.22. The summed E-state index contributed by atoms with van der Waals surface area (Å²) in [4.78, 5) is 0.925. The van der Waals surface area contributed by atoms with E-state index in [0.29, 0.717) is 0 Å². The Hall–Kier alpha value is -0.210. The van der Waals surface area contributed by atoms with E-state index in [1.807, 2.05) is 13.0 Å². The maximum absolute atomic E-state index is 12.8. The van der Waals surface area contributed by atoms with Gasteiger partial charge in [0.15, 0.2) is 0 Å². The van der Waals surface area contributed by atoms with E-state index >= 15 is 0 Å². The van der Waals surface area contributed by atoms with Gasteiger partial charge in [0.05, 0.1) is 5.02 Å². The molecule has 0 aliphatic rings. The van der Waals surface area contributed by atoms with Crippen molar-refractivity contribution in [3.05, 3.63) is 29.0 Å². The van der Waals surface area contributed by atoms with Crippen LogP contribution in [0, 0.1) is 5.82 Å². The lowest BCUT2D eigenvalue weighted by Crippen LogP contribution is -1.78. The lowest BCUT2D eigenvalue weighted by atomic mass is 10.3. The summed E-state index contributed by atoms with van der Waals surface area (Å²) in [5.74, 6) is 0.603. The highest BCUT2D eigenvalue weighted by molar-refractivity contribution is 7.99. The van der Waals surface area contributed by atoms with Crippen LogP contribution in [0.25, 0.3) is 0 Å². The lowest BCUT2D eigenvalue weighted by Gasteiger charge is -1.98. The Morgan fingerprint density at radius 2 is 2.27 bits per heavy atom. The minimum absolute atomic E-state index is 0.186. The van der Waals surface area contributed by atoms with Crippen LogP contribution in [0.1, 0.15) is 6.92 Å². The molecule has 0 N–H and O–H groups in total. The van der Waals surface area contributed by atoms with E-state index in [9.17, 15) is 4.39 Å². The molecule has 0 aliphatic carbocycles. The van der Waals surface area contributed by atoms with Gasteiger partial charge in [-0.15, -0.1) is 11.8 Å². The first-order valence-corrected chi connectivity index (χ1v) is 4.68. The molecule has 1 aromatic rings. The van der Waals surface area contributed by atoms with E-state index in [4.69, 9.17) is 11.6 Å². The first kappa shape index (κ1) is 8.88. The van der Waals surface area contributed by atoms with Gasteiger partial charge >= 0.3 is 0 Å². The topological polar surface area (TPSA) is 0 Å². The fraction of sp³-hybridized carbons (Fsp3) is 0.250. The van der Waals surface area contributed by atoms with Crippen LogP contribution in [0.2, 0.25) is 5.02 Å². The molecule has 0 saturated carbocycles. The summed E-state index contributed by atoms with van der Waals surface area (Å²) < 4.78 is 12.8. The largest absolute Gasteiger partial charge is 0.205 e. The summed E-state index contributed by atoms with van der Waals surface area (Å²) in [6.45, 7) is 2.02. The second-order valence-corrected chi connectivity index (χ2v) is 3.75. The fourth-order valence-electron chi connectivity index (χ4n) is 0.733. The van der Waals surface area contributed by atoms with Crippen molar-refractivity contribution in [3.63, 3.8) is 0 Å². The van der Waals surface area contributed by atoms with E-state index in [0.717, 1.165) is 10.6 Å². The molecule has 0 nitrogen and oxygen atoms in total. The molecule has 0 atom stereocenters. The maximum Gasteiger partial charge on any atom is 0.142 e. The Morgan fingerprint density at radius 1 is 1.55 bits per heavy atom. The quantitative estimate of drug-likeness (QED) is 0.643. The average molecular weight is 191 g/mol. The number of thioether (sulfide) groups is 1. The molecule has 0 heterocycles. The maximum atomic E-state index is 12.8. The molecule has 0 amide bonds. The molecule has 0 spiro atoms. The minimum atomic E-state index is -0.342. The van der Waals surface area contributed by atoms with Gasteiger partial charge in [0, 0.05) is 4.90 Å². The Kier molecular flexibility index (Phi) is 3.21. The normalized spacial score (nSPS) is 10.1. The van der Waals surface area contributed by atoms with Gasteiger partial charge < -0.3 is 0 Å². The first-order chi connectivity index (χ1) is 5.24. The second-order valence-electron chi connectivity index (χ2n) is 2.01. The van der Waals surface area contributed by atoms with Gasteiger partial charge in [0.2, 0.25) is 0 Å². The van der Waals surface area contributed by atoms with E-state index in [1.165, 1.54) is 6.07 Å². The van der Waals surface area contributed by atoms with Crippen LogP contribution in [-0.4, -0.2) is 5.75 Å². The van der Waals surface area contributed by atoms with Gasteiger partial charge in [-0.05, 0) is 24.0 Å². The molecule has 0 radical (unpaired) electrons. The Labute approximate surface area is 74.8 Å². The SMILES string of the molecule is CCSc1ccc(Cl)c(F)c1. The summed E-state index contributed by atoms with van der Waals surface area (Å²) in [6.07, 6.45) is 0. The van der Waals surface area contributed by atoms with E-state index < -0.39 is 0 Å². The van der Waals surface area contributed by atoms with Gasteiger partial charge in [-0.3, -0.25) is 0 Å². The van der Waals surface area contributed by atoms with Crippen LogP contribution in [0.5, 0.6) is 0 Å². The van der Waals surface area contributed by atoms with Crippen LogP contribution in [0.15, 0.2) is 23.1 Å². The summed E-state index contributed by atoms with van der Waals surface area (Å²) in [7, 11) is 0. The zero-order valence-electron chi connectivity index (χ0n) is 6.10. The Morgan fingerprint density at radius 3 is 2.82 bits per heavy atom. The smallest absolute Gasteiger partial charge is 0.142 e. The second kappa shape index (κ2) is 3.98. The fourth-order valence-corrected chi connectivity index (χ4v) is 1.54. The van der Waals surface area contributed by atoms with Crippen molar-refractivity contribution in [1.82, 2.24) is 0 Å². The summed E-state index contributed by atoms with van der Waals surface area (Å²) in [6, 6.07) is 4.85. The van der Waals surface area contributed by atoms with Gasteiger partial charge in [-0.25, -0.2) is 4.39 Å². The molecule has 0 aliphatic heterocycles. The zero-order valence-corrected chi connectivity index (χ0v) is 7.68. The molecule has 0 fully saturated rings. The molecule has 1 rings (SSSR count). The first-order valence-electron chi connectivity index (χ1n) is 3.32. The van der Waals surface area contributed by atoms with Crippen LogP contribution in [-0.2, 0) is 0 Å². The molecule has 0 aromatic heterocycles. The summed E-state index contributed by atoms with van der Waals surface area (Å²) >= 11 is 7.10. The van der Waals surface area contributed by atoms with Gasteiger partial charge in [0.25, 0.3) is 0 Å². The van der Waals surface area contributed by atoms with Crippen LogP contribution >= 0.6 is 23.4 Å². The predicted molar refractivity (Wildman–Crippen MR) is 47.8 cm³/mol. The Balaban J connectivity index is 2.86. The van der Waals surface area contributed by atoms with Gasteiger partial charge in [-0.1, -0.05) is 18.5 Å². The number of halogens is 2. The van der Waals surface area contributed by atoms with Crippen molar-refractivity contribution in [2.24, 2.45) is 0 Å². The number of rotatable bonds is 2. The van der Waals surface area contributed by atoms with Crippen molar-refractivity contribution in [2.45, 2.75) is 11.8 Å². The van der Waals surface area contributed by atoms with Gasteiger partial charge in [-0.2, -0.15) is 0 Å². The van der Waals surface area contributed by atoms with Crippen molar-refractivity contribution >= 4 is 23.4 Å². The third kappa shape index (κ3) is 2.38. The van der Waals surface area contributed by atoms with Crippen molar-refractivity contribution in [1.29, 1.82) is 0 Å². The molecule has 0 unspecified atom stereocenters. The molecule has 60 valence electrons. The van der Waals surface area contributed by atoms with E-state index in [2.05, 4.69) is 0 Å². The van der Waals surface area contributed by atoms with E-state index in [-0.39, 0.29) is 10.8 Å². The third-order valence-corrected chi connectivity index (χ3v) is 2.38. The molecule has 11 heavy (non-hydrogen) atoms. The highest BCUT2D eigenvalue weighted by atomic mass is 35.5. The van der Waals surface area contributed by atoms with Crippen molar-refractivity contribution < 1.29 is 4.39 Å². The van der Waals surface area contributed by atoms with Crippen molar-refractivity contribution in [2.75, 3.05) is 5.75 Å². The number of benzene rings is 1. The standard InChI is InChI=1S/C8H8ClFS/c1-2-11-6-3-4-7(9)8(10)5-6/h3-5H,2H2,1H3. The molecule has 3 heteroatoms. The molecular formula is C8H8ClFS. The highest BCUT2D eigenvalue weighted by Gasteiger charge is 1.99. The predicted octanol–water partition coefficient (Wildman–Crippen LogP) is 3.59. The zero-order chi connectivity index (χ0) is 8.27. The number of hydrogen-bond donors (Lipinski definition) is 0. The van der Waals surface area contributed by atoms with Crippen molar-refractivity contribution in [3.8, 4) is 0 Å². The molecule has 0 bridgehead atoms. The lowest BCUT2D eigenvalue weighted by molar-refractivity contribution is 0.624. The minimum Gasteiger partial charge on any atom is -0.205 e. The average Bonchev–Trinajstić information content (AvgIpc) is 1.98. The van der Waals surface area contributed by atoms with Crippen LogP contribution < -0.4 is 0 Å². The Bertz CT molecular complexity index is 250. The molecule has 0 saturated heterocycles. The van der Waals surface area contributed by atoms with Crippen LogP contribution in [0.3, 0.4) is 0 Å². The van der Waals surface area contributed by atoms with E-state index in [1.54, 1.807) is 17.8 Å². The van der Waals surface area contributed by atoms with Gasteiger partial charge in [0.1, 0.15) is 5.82 Å². The third-order valence-electron chi connectivity index (χ3n) is 1.20. The molecule has 1 aromatic carbocycles. The summed E-state index contributed by atoms with van der Waals surface area (Å²) in [5, 5.41) is 0.186. The van der Waals surface area contributed by atoms with Crippen LogP contribution in [0.4, 0.5) is 4.39 Å². The molecular weight excluding hydrogens is 183 g/mol. The monoisotopic (exact) mass is 190 g/mol. The number of hydrogen-bond acceptors (Lipinski definition) is 1.